The molecule has 0 saturated carbocycles. The number of hydrogen-bond donors (Lipinski definition) is 1. The van der Waals surface area contributed by atoms with Crippen LogP contribution in [0, 0.1) is 0 Å². The first kappa shape index (κ1) is 18.2. The molecular weight excluding hydrogens is 341 g/mol. The van der Waals surface area contributed by atoms with Crippen LogP contribution in [0.5, 0.6) is 0 Å². The van der Waals surface area contributed by atoms with Crippen molar-refractivity contribution in [3.05, 3.63) is 27.7 Å². The molecule has 1 aromatic carbocycles. The molecule has 0 unspecified atom stereocenters. The summed E-state index contributed by atoms with van der Waals surface area (Å²) >= 11 is 11.6. The highest BCUT2D eigenvalue weighted by atomic mass is 35.5. The number of ether oxygens (including phenoxy) is 2. The molecule has 0 atom stereocenters. The number of rotatable bonds is 6. The van der Waals surface area contributed by atoms with E-state index in [2.05, 4.69) is 0 Å². The number of hydrogen-bond acceptors (Lipinski definition) is 5. The van der Waals surface area contributed by atoms with Gasteiger partial charge in [-0.1, -0.05) is 23.2 Å². The molecule has 118 valence electrons. The van der Waals surface area contributed by atoms with Crippen molar-refractivity contribution in [1.29, 1.82) is 0 Å². The SMILES string of the molecule is CC(C)OCCOC(=O)c1cc(Cl)cc(S(N)(=O)=O)c1Cl. The van der Waals surface area contributed by atoms with Crippen molar-refractivity contribution in [3.8, 4) is 0 Å². The maximum absolute atomic E-state index is 11.9. The van der Waals surface area contributed by atoms with Gasteiger partial charge in [0.1, 0.15) is 11.5 Å². The third-order valence-corrected chi connectivity index (χ3v) is 3.97. The smallest absolute Gasteiger partial charge is 0.339 e. The van der Waals surface area contributed by atoms with Crippen molar-refractivity contribution >= 4 is 39.2 Å². The van der Waals surface area contributed by atoms with Gasteiger partial charge in [0.15, 0.2) is 0 Å². The number of sulfonamides is 1. The van der Waals surface area contributed by atoms with Crippen LogP contribution in [-0.4, -0.2) is 33.7 Å². The summed E-state index contributed by atoms with van der Waals surface area (Å²) in [6, 6.07) is 2.28. The number of primary sulfonamides is 1. The van der Waals surface area contributed by atoms with Crippen molar-refractivity contribution < 1.29 is 22.7 Å². The van der Waals surface area contributed by atoms with Gasteiger partial charge in [-0.2, -0.15) is 0 Å². The Kier molecular flexibility index (Phi) is 6.42. The lowest BCUT2D eigenvalue weighted by atomic mass is 10.2. The fourth-order valence-corrected chi connectivity index (χ4v) is 2.86. The van der Waals surface area contributed by atoms with E-state index in [4.69, 9.17) is 37.8 Å². The second-order valence-electron chi connectivity index (χ2n) is 4.37. The standard InChI is InChI=1S/C12H15Cl2NO5S/c1-7(2)19-3-4-20-12(16)9-5-8(13)6-10(11(9)14)21(15,17)18/h5-7H,3-4H2,1-2H3,(H2,15,17,18). The van der Waals surface area contributed by atoms with Gasteiger partial charge in [-0.25, -0.2) is 18.4 Å². The molecule has 0 aromatic heterocycles. The molecule has 1 rings (SSSR count). The van der Waals surface area contributed by atoms with Crippen LogP contribution in [0.2, 0.25) is 10.0 Å². The van der Waals surface area contributed by atoms with Crippen LogP contribution in [0.3, 0.4) is 0 Å². The predicted octanol–water partition coefficient (Wildman–Crippen LogP) is 2.22. The van der Waals surface area contributed by atoms with Crippen LogP contribution in [-0.2, 0) is 19.5 Å². The molecule has 6 nitrogen and oxygen atoms in total. The van der Waals surface area contributed by atoms with Gasteiger partial charge in [0.05, 0.1) is 23.3 Å². The molecule has 0 aliphatic carbocycles. The van der Waals surface area contributed by atoms with Crippen molar-refractivity contribution in [2.75, 3.05) is 13.2 Å². The number of halogens is 2. The second kappa shape index (κ2) is 7.42. The highest BCUT2D eigenvalue weighted by Gasteiger charge is 2.22. The Hall–Kier alpha value is -0.860. The lowest BCUT2D eigenvalue weighted by molar-refractivity contribution is 0.0177. The molecule has 0 fully saturated rings. The molecule has 0 amide bonds. The zero-order valence-electron chi connectivity index (χ0n) is 11.4. The third kappa shape index (κ3) is 5.44. The lowest BCUT2D eigenvalue weighted by Crippen LogP contribution is -2.17. The number of benzene rings is 1. The average Bonchev–Trinajstić information content (AvgIpc) is 2.35. The molecule has 0 spiro atoms. The Balaban J connectivity index is 2.93. The maximum Gasteiger partial charge on any atom is 0.339 e. The van der Waals surface area contributed by atoms with E-state index in [0.29, 0.717) is 0 Å². The van der Waals surface area contributed by atoms with E-state index in [1.54, 1.807) is 0 Å². The predicted molar refractivity (Wildman–Crippen MR) is 79.2 cm³/mol. The molecular formula is C12H15Cl2NO5S. The van der Waals surface area contributed by atoms with E-state index in [-0.39, 0.29) is 34.9 Å². The van der Waals surface area contributed by atoms with Crippen molar-refractivity contribution in [1.82, 2.24) is 0 Å². The number of esters is 1. The largest absolute Gasteiger partial charge is 0.460 e. The van der Waals surface area contributed by atoms with E-state index < -0.39 is 20.9 Å². The topological polar surface area (TPSA) is 95.7 Å². The number of nitrogens with two attached hydrogens (primary N) is 1. The summed E-state index contributed by atoms with van der Waals surface area (Å²) in [7, 11) is -4.10. The minimum Gasteiger partial charge on any atom is -0.460 e. The zero-order chi connectivity index (χ0) is 16.2. The summed E-state index contributed by atoms with van der Waals surface area (Å²) in [6.07, 6.45) is 0.00689. The van der Waals surface area contributed by atoms with Crippen LogP contribution in [0.15, 0.2) is 17.0 Å². The Morgan fingerprint density at radius 2 is 1.90 bits per heavy atom. The van der Waals surface area contributed by atoms with Crippen molar-refractivity contribution in [3.63, 3.8) is 0 Å². The van der Waals surface area contributed by atoms with E-state index in [0.717, 1.165) is 6.07 Å². The van der Waals surface area contributed by atoms with Gasteiger partial charge < -0.3 is 9.47 Å². The normalized spacial score (nSPS) is 11.7. The zero-order valence-corrected chi connectivity index (χ0v) is 13.8. The van der Waals surface area contributed by atoms with E-state index in [1.165, 1.54) is 6.07 Å². The Bertz CT molecular complexity index is 631. The molecule has 9 heteroatoms. The Labute approximate surface area is 133 Å². The summed E-state index contributed by atoms with van der Waals surface area (Å²) in [4.78, 5) is 11.5. The fraction of sp³-hybridized carbons (Fsp3) is 0.417. The molecule has 0 radical (unpaired) electrons. The first-order chi connectivity index (χ1) is 9.62. The van der Waals surface area contributed by atoms with Crippen LogP contribution in [0.25, 0.3) is 0 Å². The first-order valence-corrected chi connectivity index (χ1v) is 8.23. The lowest BCUT2D eigenvalue weighted by Gasteiger charge is -2.11. The van der Waals surface area contributed by atoms with Gasteiger partial charge in [-0.3, -0.25) is 0 Å². The summed E-state index contributed by atoms with van der Waals surface area (Å²) < 4.78 is 32.9. The summed E-state index contributed by atoms with van der Waals surface area (Å²) in [5.41, 5.74) is -0.169. The molecule has 0 aliphatic heterocycles. The van der Waals surface area contributed by atoms with Crippen LogP contribution in [0.4, 0.5) is 0 Å². The van der Waals surface area contributed by atoms with Gasteiger partial charge in [0, 0.05) is 5.02 Å². The minimum atomic E-state index is -4.10. The Morgan fingerprint density at radius 3 is 2.43 bits per heavy atom. The van der Waals surface area contributed by atoms with Crippen molar-refractivity contribution in [2.45, 2.75) is 24.8 Å². The second-order valence-corrected chi connectivity index (χ2v) is 6.71. The molecule has 0 bridgehead atoms. The molecule has 0 aliphatic rings. The van der Waals surface area contributed by atoms with E-state index in [9.17, 15) is 13.2 Å². The molecule has 1 aromatic rings. The van der Waals surface area contributed by atoms with Crippen LogP contribution >= 0.6 is 23.2 Å². The Morgan fingerprint density at radius 1 is 1.29 bits per heavy atom. The molecule has 2 N–H and O–H groups in total. The summed E-state index contributed by atoms with van der Waals surface area (Å²) in [5.74, 6) is -0.806. The van der Waals surface area contributed by atoms with Crippen LogP contribution in [0.1, 0.15) is 24.2 Å². The number of carbonyl (C=O) groups excluding carboxylic acids is 1. The highest BCUT2D eigenvalue weighted by Crippen LogP contribution is 2.29. The van der Waals surface area contributed by atoms with Gasteiger partial charge in [-0.15, -0.1) is 0 Å². The average molecular weight is 356 g/mol. The van der Waals surface area contributed by atoms with E-state index >= 15 is 0 Å². The van der Waals surface area contributed by atoms with E-state index in [1.807, 2.05) is 13.8 Å². The van der Waals surface area contributed by atoms with Crippen LogP contribution < -0.4 is 5.14 Å². The number of carbonyl (C=O) groups is 1. The highest BCUT2D eigenvalue weighted by molar-refractivity contribution is 7.89. The van der Waals surface area contributed by atoms with Gasteiger partial charge in [-0.05, 0) is 26.0 Å². The maximum atomic E-state index is 11.9. The third-order valence-electron chi connectivity index (χ3n) is 2.30. The monoisotopic (exact) mass is 355 g/mol. The molecule has 21 heavy (non-hydrogen) atoms. The van der Waals surface area contributed by atoms with Crippen molar-refractivity contribution in [2.24, 2.45) is 5.14 Å². The summed E-state index contributed by atoms with van der Waals surface area (Å²) in [6.45, 7) is 3.90. The van der Waals surface area contributed by atoms with Gasteiger partial charge in [0.2, 0.25) is 10.0 Å². The summed E-state index contributed by atoms with van der Waals surface area (Å²) in [5, 5.41) is 4.69. The first-order valence-electron chi connectivity index (χ1n) is 5.93. The van der Waals surface area contributed by atoms with Gasteiger partial charge >= 0.3 is 5.97 Å². The molecule has 0 saturated heterocycles. The van der Waals surface area contributed by atoms with Gasteiger partial charge in [0.25, 0.3) is 0 Å². The quantitative estimate of drug-likeness (QED) is 0.623. The minimum absolute atomic E-state index is 0.00453. The molecule has 0 heterocycles. The fourth-order valence-electron chi connectivity index (χ4n) is 1.42.